The van der Waals surface area contributed by atoms with Gasteiger partial charge in [-0.25, -0.2) is 5.43 Å². The van der Waals surface area contributed by atoms with Crippen molar-refractivity contribution in [1.29, 1.82) is 0 Å². The Kier molecular flexibility index (Phi) is 16.0. The van der Waals surface area contributed by atoms with E-state index >= 15 is 0 Å². The summed E-state index contributed by atoms with van der Waals surface area (Å²) in [5.74, 6) is 1.06. The van der Waals surface area contributed by atoms with Gasteiger partial charge in [-0.3, -0.25) is 9.59 Å². The number of hydrazone groups is 1. The van der Waals surface area contributed by atoms with Crippen molar-refractivity contribution in [3.63, 3.8) is 0 Å². The first-order valence-electron chi connectivity index (χ1n) is 12.4. The Bertz CT molecular complexity index is 752. The second-order valence-electron chi connectivity index (χ2n) is 8.30. The molecule has 0 aliphatic carbocycles. The molecule has 0 atom stereocenters. The Labute approximate surface area is 204 Å². The number of benzene rings is 1. The van der Waals surface area contributed by atoms with Crippen molar-refractivity contribution < 1.29 is 23.8 Å². The predicted molar refractivity (Wildman–Crippen MR) is 136 cm³/mol. The Hall–Kier alpha value is -2.77. The molecule has 1 rings (SSSR count). The fourth-order valence-electron chi connectivity index (χ4n) is 3.58. The lowest BCUT2D eigenvalue weighted by atomic mass is 10.1. The third-order valence-corrected chi connectivity index (χ3v) is 5.58. The summed E-state index contributed by atoms with van der Waals surface area (Å²) in [7, 11) is 4.60. The molecule has 0 aliphatic rings. The summed E-state index contributed by atoms with van der Waals surface area (Å²) in [6.45, 7) is 2.13. The number of amides is 2. The van der Waals surface area contributed by atoms with Gasteiger partial charge in [-0.2, -0.15) is 5.10 Å². The second-order valence-corrected chi connectivity index (χ2v) is 8.30. The number of nitrogens with one attached hydrogen (secondary N) is 2. The minimum absolute atomic E-state index is 0.114. The van der Waals surface area contributed by atoms with E-state index in [4.69, 9.17) is 14.2 Å². The van der Waals surface area contributed by atoms with Gasteiger partial charge >= 0.3 is 0 Å². The number of nitrogens with zero attached hydrogens (tertiary/aromatic N) is 1. The first kappa shape index (κ1) is 29.3. The molecule has 0 radical (unpaired) electrons. The smallest absolute Gasteiger partial charge is 0.259 e. The fourth-order valence-corrected chi connectivity index (χ4v) is 3.58. The maximum Gasteiger partial charge on any atom is 0.259 e. The normalized spacial score (nSPS) is 10.8. The first-order valence-corrected chi connectivity index (χ1v) is 12.4. The van der Waals surface area contributed by atoms with Crippen molar-refractivity contribution in [2.24, 2.45) is 5.10 Å². The molecule has 8 heteroatoms. The molecule has 1 aromatic rings. The van der Waals surface area contributed by atoms with Crippen LogP contribution in [0.5, 0.6) is 17.2 Å². The van der Waals surface area contributed by atoms with Crippen LogP contribution in [-0.2, 0) is 9.59 Å². The lowest BCUT2D eigenvalue weighted by Crippen LogP contribution is -2.34. The maximum absolute atomic E-state index is 12.0. The van der Waals surface area contributed by atoms with Gasteiger partial charge < -0.3 is 19.5 Å². The number of methoxy groups -OCH3 is 3. The molecule has 2 amide bonds. The van der Waals surface area contributed by atoms with Crippen LogP contribution in [0.4, 0.5) is 0 Å². The summed E-state index contributed by atoms with van der Waals surface area (Å²) < 4.78 is 15.8. The van der Waals surface area contributed by atoms with Gasteiger partial charge in [0.05, 0.1) is 34.1 Å². The van der Waals surface area contributed by atoms with Gasteiger partial charge in [0.25, 0.3) is 5.91 Å². The van der Waals surface area contributed by atoms with Gasteiger partial charge in [0.1, 0.15) is 5.75 Å². The molecule has 0 aromatic heterocycles. The van der Waals surface area contributed by atoms with E-state index in [1.807, 2.05) is 0 Å². The number of ether oxygens (including phenoxy) is 3. The Morgan fingerprint density at radius 1 is 0.765 bits per heavy atom. The highest BCUT2D eigenvalue weighted by molar-refractivity contribution is 5.88. The quantitative estimate of drug-likeness (QED) is 0.166. The van der Waals surface area contributed by atoms with Crippen LogP contribution in [0.1, 0.15) is 89.5 Å². The summed E-state index contributed by atoms with van der Waals surface area (Å²) in [4.78, 5) is 23.9. The Morgan fingerprint density at radius 2 is 1.29 bits per heavy atom. The molecule has 192 valence electrons. The van der Waals surface area contributed by atoms with Gasteiger partial charge in [0.2, 0.25) is 5.91 Å². The van der Waals surface area contributed by atoms with Gasteiger partial charge in [0.15, 0.2) is 11.5 Å². The summed E-state index contributed by atoms with van der Waals surface area (Å²) in [6, 6.07) is 3.37. The van der Waals surface area contributed by atoms with E-state index in [-0.39, 0.29) is 12.5 Å². The molecule has 0 heterocycles. The fraction of sp³-hybridized carbons (Fsp3) is 0.654. The average molecular weight is 478 g/mol. The highest BCUT2D eigenvalue weighted by Crippen LogP contribution is 2.33. The van der Waals surface area contributed by atoms with Crippen LogP contribution in [0.3, 0.4) is 0 Å². The SMILES string of the molecule is CCCCCCCCCCCCCC(=O)NCC(=O)N/N=C\c1cc(OC)c(OC)cc1OC. The van der Waals surface area contributed by atoms with Crippen LogP contribution < -0.4 is 25.0 Å². The highest BCUT2D eigenvalue weighted by atomic mass is 16.5. The minimum Gasteiger partial charge on any atom is -0.496 e. The molecular formula is C26H43N3O5. The van der Waals surface area contributed by atoms with E-state index in [0.717, 1.165) is 19.3 Å². The van der Waals surface area contributed by atoms with E-state index in [2.05, 4.69) is 22.8 Å². The summed E-state index contributed by atoms with van der Waals surface area (Å²) >= 11 is 0. The minimum atomic E-state index is -0.400. The largest absolute Gasteiger partial charge is 0.496 e. The number of carbonyl (C=O) groups is 2. The topological polar surface area (TPSA) is 98.3 Å². The Morgan fingerprint density at radius 3 is 1.85 bits per heavy atom. The maximum atomic E-state index is 12.0. The number of unbranched alkanes of at least 4 members (excludes halogenated alkanes) is 10. The third kappa shape index (κ3) is 12.5. The molecule has 0 saturated heterocycles. The number of carbonyl (C=O) groups excluding carboxylic acids is 2. The van der Waals surface area contributed by atoms with Crippen LogP contribution >= 0.6 is 0 Å². The molecule has 0 bridgehead atoms. The van der Waals surface area contributed by atoms with Crippen LogP contribution in [0.2, 0.25) is 0 Å². The summed E-state index contributed by atoms with van der Waals surface area (Å²) in [6.07, 6.45) is 15.5. The Balaban J connectivity index is 2.19. The third-order valence-electron chi connectivity index (χ3n) is 5.58. The zero-order valence-electron chi connectivity index (χ0n) is 21.4. The zero-order valence-corrected chi connectivity index (χ0v) is 21.4. The number of hydrogen-bond donors (Lipinski definition) is 2. The van der Waals surface area contributed by atoms with Gasteiger partial charge in [-0.1, -0.05) is 71.1 Å². The van der Waals surface area contributed by atoms with E-state index in [1.54, 1.807) is 12.1 Å². The molecule has 0 unspecified atom stereocenters. The zero-order chi connectivity index (χ0) is 25.0. The van der Waals surface area contributed by atoms with E-state index < -0.39 is 5.91 Å². The molecule has 0 saturated carbocycles. The van der Waals surface area contributed by atoms with Crippen molar-refractivity contribution in [2.75, 3.05) is 27.9 Å². The molecular weight excluding hydrogens is 434 g/mol. The van der Waals surface area contributed by atoms with Gasteiger partial charge in [-0.05, 0) is 12.5 Å². The average Bonchev–Trinajstić information content (AvgIpc) is 2.85. The summed E-state index contributed by atoms with van der Waals surface area (Å²) in [5, 5.41) is 6.57. The van der Waals surface area contributed by atoms with E-state index in [9.17, 15) is 9.59 Å². The molecule has 0 aliphatic heterocycles. The van der Waals surface area contributed by atoms with Crippen molar-refractivity contribution >= 4 is 18.0 Å². The molecule has 0 spiro atoms. The lowest BCUT2D eigenvalue weighted by molar-refractivity contribution is -0.126. The molecule has 2 N–H and O–H groups in total. The van der Waals surface area contributed by atoms with Crippen LogP contribution in [0.25, 0.3) is 0 Å². The van der Waals surface area contributed by atoms with Crippen molar-refractivity contribution in [3.8, 4) is 17.2 Å². The molecule has 0 fully saturated rings. The van der Waals surface area contributed by atoms with E-state index in [1.165, 1.54) is 78.9 Å². The van der Waals surface area contributed by atoms with Crippen LogP contribution in [0, 0.1) is 0 Å². The van der Waals surface area contributed by atoms with Crippen LogP contribution in [-0.4, -0.2) is 45.9 Å². The lowest BCUT2D eigenvalue weighted by Gasteiger charge is -2.11. The summed E-state index contributed by atoms with van der Waals surface area (Å²) in [5.41, 5.74) is 3.02. The second kappa shape index (κ2) is 18.6. The standard InChI is InChI=1S/C26H43N3O5/c1-5-6-7-8-9-10-11-12-13-14-15-16-25(30)27-20-26(31)29-28-19-21-17-23(33-3)24(34-4)18-22(21)32-2/h17-19H,5-16,20H2,1-4H3,(H,27,30)(H,29,31)/b28-19-. The van der Waals surface area contributed by atoms with Crippen molar-refractivity contribution in [2.45, 2.75) is 84.0 Å². The number of hydrogen-bond acceptors (Lipinski definition) is 6. The van der Waals surface area contributed by atoms with Crippen LogP contribution in [0.15, 0.2) is 17.2 Å². The highest BCUT2D eigenvalue weighted by Gasteiger charge is 2.11. The van der Waals surface area contributed by atoms with E-state index in [0.29, 0.717) is 29.2 Å². The van der Waals surface area contributed by atoms with Gasteiger partial charge in [-0.15, -0.1) is 0 Å². The molecule has 34 heavy (non-hydrogen) atoms. The monoisotopic (exact) mass is 477 g/mol. The molecule has 8 nitrogen and oxygen atoms in total. The predicted octanol–water partition coefficient (Wildman–Crippen LogP) is 4.98. The van der Waals surface area contributed by atoms with Gasteiger partial charge in [0, 0.05) is 18.1 Å². The van der Waals surface area contributed by atoms with Crippen molar-refractivity contribution in [3.05, 3.63) is 17.7 Å². The first-order chi connectivity index (χ1) is 16.5. The number of rotatable bonds is 19. The molecule has 1 aromatic carbocycles. The van der Waals surface area contributed by atoms with Crippen molar-refractivity contribution in [1.82, 2.24) is 10.7 Å².